The molecule has 1 amide bonds. The maximum absolute atomic E-state index is 13.1. The van der Waals surface area contributed by atoms with Crippen molar-refractivity contribution in [2.75, 3.05) is 13.2 Å². The Hall–Kier alpha value is -1.41. The lowest BCUT2D eigenvalue weighted by atomic mass is 9.98. The molecule has 0 bridgehead atoms. The van der Waals surface area contributed by atoms with Crippen LogP contribution in [0.1, 0.15) is 200 Å². The van der Waals surface area contributed by atoms with Crippen LogP contribution >= 0.6 is 0 Å². The second kappa shape index (κ2) is 37.4. The van der Waals surface area contributed by atoms with Gasteiger partial charge in [-0.05, 0) is 51.4 Å². The highest BCUT2D eigenvalue weighted by atomic mass is 16.7. The van der Waals surface area contributed by atoms with Crippen LogP contribution in [-0.2, 0) is 14.3 Å². The maximum atomic E-state index is 13.1. The molecule has 0 saturated carbocycles. The normalized spacial score (nSPS) is 22.1. The van der Waals surface area contributed by atoms with Crippen LogP contribution in [0, 0.1) is 0 Å². The van der Waals surface area contributed by atoms with Gasteiger partial charge in [-0.25, -0.2) is 0 Å². The molecule has 0 radical (unpaired) electrons. The number of ether oxygens (including phenoxy) is 2. The standard InChI is InChI=1S/C47H89NO10/c1-3-5-7-9-11-13-15-17-19-21-22-24-26-28-30-32-34-39(50)42(52)38(37-57-47-45(55)44(54)43(53)41(36-49)58-47)48-46(56)40(51)35-33-31-29-27-25-23-20-18-16-14-12-10-8-6-4-2/h19,21,26,28,38-45,47,49-55H,3-18,20,22-25,27,29-37H2,1-2H3,(H,48,56)/b21-19+,28-26+. The lowest BCUT2D eigenvalue weighted by Crippen LogP contribution is -2.60. The molecule has 58 heavy (non-hydrogen) atoms. The second-order valence-electron chi connectivity index (χ2n) is 16.8. The summed E-state index contributed by atoms with van der Waals surface area (Å²) in [6, 6.07) is -1.19. The average Bonchev–Trinajstić information content (AvgIpc) is 3.22. The number of hydrogen-bond acceptors (Lipinski definition) is 10. The van der Waals surface area contributed by atoms with Gasteiger partial charge in [0.15, 0.2) is 6.29 Å². The first-order valence-corrected chi connectivity index (χ1v) is 23.7. The summed E-state index contributed by atoms with van der Waals surface area (Å²) in [7, 11) is 0. The summed E-state index contributed by atoms with van der Waals surface area (Å²) < 4.78 is 11.1. The highest BCUT2D eigenvalue weighted by molar-refractivity contribution is 5.80. The van der Waals surface area contributed by atoms with Gasteiger partial charge in [0.2, 0.25) is 5.91 Å². The summed E-state index contributed by atoms with van der Waals surface area (Å²) in [5, 5.41) is 75.6. The fourth-order valence-electron chi connectivity index (χ4n) is 7.52. The van der Waals surface area contributed by atoms with Gasteiger partial charge in [0.1, 0.15) is 36.6 Å². The van der Waals surface area contributed by atoms with E-state index in [4.69, 9.17) is 9.47 Å². The summed E-state index contributed by atoms with van der Waals surface area (Å²) >= 11 is 0. The molecule has 11 nitrogen and oxygen atoms in total. The molecule has 0 spiro atoms. The zero-order valence-corrected chi connectivity index (χ0v) is 36.8. The van der Waals surface area contributed by atoms with Gasteiger partial charge >= 0.3 is 0 Å². The highest BCUT2D eigenvalue weighted by Gasteiger charge is 2.44. The van der Waals surface area contributed by atoms with E-state index >= 15 is 0 Å². The molecule has 9 atom stereocenters. The summed E-state index contributed by atoms with van der Waals surface area (Å²) in [6.07, 6.45) is 29.4. The van der Waals surface area contributed by atoms with E-state index in [0.717, 1.165) is 38.5 Å². The number of carbonyl (C=O) groups excluding carboxylic acids is 1. The van der Waals surface area contributed by atoms with Gasteiger partial charge in [0, 0.05) is 0 Å². The molecule has 8 N–H and O–H groups in total. The molecule has 1 saturated heterocycles. The van der Waals surface area contributed by atoms with Gasteiger partial charge in [-0.1, -0.05) is 173 Å². The first-order valence-electron chi connectivity index (χ1n) is 23.7. The average molecular weight is 828 g/mol. The summed E-state index contributed by atoms with van der Waals surface area (Å²) in [6.45, 7) is 3.41. The summed E-state index contributed by atoms with van der Waals surface area (Å²) in [4.78, 5) is 13.1. The lowest BCUT2D eigenvalue weighted by molar-refractivity contribution is -0.303. The minimum atomic E-state index is -1.67. The minimum absolute atomic E-state index is 0.248. The fraction of sp³-hybridized carbons (Fsp3) is 0.894. The Morgan fingerprint density at radius 1 is 0.586 bits per heavy atom. The molecule has 1 rings (SSSR count). The molecule has 1 fully saturated rings. The van der Waals surface area contributed by atoms with E-state index in [-0.39, 0.29) is 12.8 Å². The summed E-state index contributed by atoms with van der Waals surface area (Å²) in [5.41, 5.74) is 0. The third-order valence-corrected chi connectivity index (χ3v) is 11.5. The van der Waals surface area contributed by atoms with Gasteiger partial charge < -0.3 is 50.5 Å². The van der Waals surface area contributed by atoms with Crippen molar-refractivity contribution in [2.45, 2.75) is 255 Å². The van der Waals surface area contributed by atoms with Crippen molar-refractivity contribution in [2.24, 2.45) is 0 Å². The smallest absolute Gasteiger partial charge is 0.249 e. The van der Waals surface area contributed by atoms with Gasteiger partial charge in [0.05, 0.1) is 25.4 Å². The van der Waals surface area contributed by atoms with Gasteiger partial charge in [0.25, 0.3) is 0 Å². The largest absolute Gasteiger partial charge is 0.394 e. The first-order chi connectivity index (χ1) is 28.2. The van der Waals surface area contributed by atoms with Crippen molar-refractivity contribution in [1.82, 2.24) is 5.32 Å². The number of unbranched alkanes of at least 4 members (excludes halogenated alkanes) is 23. The van der Waals surface area contributed by atoms with Crippen molar-refractivity contribution in [1.29, 1.82) is 0 Å². The third kappa shape index (κ3) is 26.7. The number of carbonyl (C=O) groups is 1. The van der Waals surface area contributed by atoms with E-state index in [1.165, 1.54) is 116 Å². The molecular weight excluding hydrogens is 739 g/mol. The molecule has 0 aromatic carbocycles. The summed E-state index contributed by atoms with van der Waals surface area (Å²) in [5.74, 6) is -0.710. The first kappa shape index (κ1) is 54.6. The monoisotopic (exact) mass is 828 g/mol. The molecule has 1 heterocycles. The Bertz CT molecular complexity index is 997. The van der Waals surface area contributed by atoms with E-state index in [9.17, 15) is 40.5 Å². The third-order valence-electron chi connectivity index (χ3n) is 11.5. The predicted octanol–water partition coefficient (Wildman–Crippen LogP) is 7.84. The molecule has 1 aliphatic heterocycles. The number of aliphatic hydroxyl groups excluding tert-OH is 7. The zero-order valence-electron chi connectivity index (χ0n) is 36.8. The number of rotatable bonds is 39. The van der Waals surface area contributed by atoms with Crippen LogP contribution in [0.2, 0.25) is 0 Å². The van der Waals surface area contributed by atoms with Crippen LogP contribution in [0.25, 0.3) is 0 Å². The number of allylic oxidation sites excluding steroid dienone is 4. The SMILES string of the molecule is CCCCCCCCC/C=C/CC/C=C/CCCC(O)C(O)C(COC1OC(CO)C(O)C(O)C1O)NC(=O)C(O)CCCCCCCCCCCCCCCCC. The van der Waals surface area contributed by atoms with Crippen LogP contribution in [0.15, 0.2) is 24.3 Å². The van der Waals surface area contributed by atoms with Crippen LogP contribution < -0.4 is 5.32 Å². The van der Waals surface area contributed by atoms with E-state index in [1.807, 2.05) is 0 Å². The number of nitrogens with one attached hydrogen (secondary N) is 1. The molecule has 0 aromatic rings. The maximum Gasteiger partial charge on any atom is 0.249 e. The van der Waals surface area contributed by atoms with E-state index in [1.54, 1.807) is 0 Å². The highest BCUT2D eigenvalue weighted by Crippen LogP contribution is 2.23. The quantitative estimate of drug-likeness (QED) is 0.0224. The zero-order chi connectivity index (χ0) is 42.6. The Labute approximate surface area is 353 Å². The number of hydrogen-bond donors (Lipinski definition) is 8. The van der Waals surface area contributed by atoms with Crippen molar-refractivity contribution in [3.63, 3.8) is 0 Å². The van der Waals surface area contributed by atoms with Crippen molar-refractivity contribution >= 4 is 5.91 Å². The van der Waals surface area contributed by atoms with Gasteiger partial charge in [-0.2, -0.15) is 0 Å². The van der Waals surface area contributed by atoms with Crippen molar-refractivity contribution in [3.05, 3.63) is 24.3 Å². The Kier molecular flexibility index (Phi) is 35.2. The van der Waals surface area contributed by atoms with E-state index in [0.29, 0.717) is 19.3 Å². The molecule has 11 heteroatoms. The molecule has 0 aromatic heterocycles. The lowest BCUT2D eigenvalue weighted by Gasteiger charge is -2.40. The van der Waals surface area contributed by atoms with Crippen molar-refractivity contribution in [3.8, 4) is 0 Å². The number of aliphatic hydroxyl groups is 7. The predicted molar refractivity (Wildman–Crippen MR) is 233 cm³/mol. The molecule has 342 valence electrons. The van der Waals surface area contributed by atoms with Crippen LogP contribution in [-0.4, -0.2) is 110 Å². The fourth-order valence-corrected chi connectivity index (χ4v) is 7.52. The Balaban J connectivity index is 2.48. The Morgan fingerprint density at radius 2 is 1.03 bits per heavy atom. The van der Waals surface area contributed by atoms with Gasteiger partial charge in [-0.3, -0.25) is 4.79 Å². The van der Waals surface area contributed by atoms with Crippen LogP contribution in [0.3, 0.4) is 0 Å². The van der Waals surface area contributed by atoms with Crippen LogP contribution in [0.4, 0.5) is 0 Å². The molecular formula is C47H89NO10. The minimum Gasteiger partial charge on any atom is -0.394 e. The van der Waals surface area contributed by atoms with Crippen molar-refractivity contribution < 1.29 is 50.0 Å². The number of amides is 1. The molecule has 9 unspecified atom stereocenters. The molecule has 1 aliphatic rings. The molecule has 0 aliphatic carbocycles. The van der Waals surface area contributed by atoms with E-state index < -0.39 is 74.2 Å². The van der Waals surface area contributed by atoms with Gasteiger partial charge in [-0.15, -0.1) is 0 Å². The van der Waals surface area contributed by atoms with E-state index in [2.05, 4.69) is 43.5 Å². The topological polar surface area (TPSA) is 189 Å². The Morgan fingerprint density at radius 3 is 1.53 bits per heavy atom. The second-order valence-corrected chi connectivity index (χ2v) is 16.8. The van der Waals surface area contributed by atoms with Crippen LogP contribution in [0.5, 0.6) is 0 Å².